The van der Waals surface area contributed by atoms with Crippen LogP contribution in [0, 0.1) is 19.7 Å². The first-order valence-corrected chi connectivity index (χ1v) is 9.02. The molecule has 9 nitrogen and oxygen atoms in total. The molecule has 0 unspecified atom stereocenters. The van der Waals surface area contributed by atoms with Gasteiger partial charge in [0.1, 0.15) is 34.6 Å². The molecule has 1 aromatic carbocycles. The van der Waals surface area contributed by atoms with Crippen LogP contribution in [0.1, 0.15) is 36.3 Å². The number of pyridine rings is 1. The molecule has 3 N–H and O–H groups in total. The number of hydrogen-bond acceptors (Lipinski definition) is 7. The molecule has 0 fully saturated rings. The summed E-state index contributed by atoms with van der Waals surface area (Å²) >= 11 is 0. The van der Waals surface area contributed by atoms with Crippen molar-refractivity contribution in [1.29, 1.82) is 0 Å². The summed E-state index contributed by atoms with van der Waals surface area (Å²) in [6.07, 6.45) is 1.08. The molecule has 2 heterocycles. The topological polar surface area (TPSA) is 118 Å². The third kappa shape index (κ3) is 4.92. The van der Waals surface area contributed by atoms with E-state index in [0.29, 0.717) is 17.3 Å². The molecule has 0 saturated carbocycles. The van der Waals surface area contributed by atoms with Crippen molar-refractivity contribution >= 4 is 29.1 Å². The molecular formula is C21H21FN6O3. The van der Waals surface area contributed by atoms with Gasteiger partial charge in [-0.3, -0.25) is 9.59 Å². The van der Waals surface area contributed by atoms with E-state index in [0.717, 1.165) is 12.3 Å². The highest BCUT2D eigenvalue weighted by Crippen LogP contribution is 2.25. The van der Waals surface area contributed by atoms with Crippen LogP contribution >= 0.6 is 0 Å². The lowest BCUT2D eigenvalue weighted by Crippen LogP contribution is -2.22. The van der Waals surface area contributed by atoms with Crippen molar-refractivity contribution in [2.75, 3.05) is 24.7 Å². The van der Waals surface area contributed by atoms with Crippen molar-refractivity contribution in [2.24, 2.45) is 0 Å². The second-order valence-corrected chi connectivity index (χ2v) is 6.41. The average molecular weight is 427 g/mol. The first kappa shape index (κ1) is 17.8. The van der Waals surface area contributed by atoms with Crippen molar-refractivity contribution in [3.63, 3.8) is 0 Å². The average Bonchev–Trinajstić information content (AvgIpc) is 2.71. The van der Waals surface area contributed by atoms with Gasteiger partial charge in [-0.2, -0.15) is 0 Å². The molecule has 3 aromatic rings. The molecule has 0 aliphatic carbocycles. The monoisotopic (exact) mass is 427 g/mol. The predicted molar refractivity (Wildman–Crippen MR) is 113 cm³/mol. The van der Waals surface area contributed by atoms with Gasteiger partial charge in [0.15, 0.2) is 0 Å². The Morgan fingerprint density at radius 3 is 2.65 bits per heavy atom. The number of halogens is 1. The lowest BCUT2D eigenvalue weighted by atomic mass is 10.1. The summed E-state index contributed by atoms with van der Waals surface area (Å²) in [5.41, 5.74) is -0.0539. The number of benzene rings is 1. The fourth-order valence-electron chi connectivity index (χ4n) is 2.87. The third-order valence-electron chi connectivity index (χ3n) is 4.15. The van der Waals surface area contributed by atoms with E-state index in [1.54, 1.807) is 19.9 Å². The lowest BCUT2D eigenvalue weighted by Gasteiger charge is -2.14. The van der Waals surface area contributed by atoms with Crippen molar-refractivity contribution in [3.05, 3.63) is 65.0 Å². The van der Waals surface area contributed by atoms with Crippen LogP contribution in [0.3, 0.4) is 0 Å². The number of amides is 2. The number of aryl methyl sites for hydroxylation is 2. The number of hydrogen-bond donors (Lipinski definition) is 3. The molecule has 160 valence electrons. The third-order valence-corrected chi connectivity index (χ3v) is 4.15. The number of rotatable bonds is 6. The Balaban J connectivity index is 2.01. The van der Waals surface area contributed by atoms with E-state index in [-0.39, 0.29) is 28.4 Å². The molecule has 31 heavy (non-hydrogen) atoms. The Labute approximate surface area is 182 Å². The summed E-state index contributed by atoms with van der Waals surface area (Å²) < 4.78 is 41.3. The molecule has 0 atom stereocenters. The fraction of sp³-hybridized carbons (Fsp3) is 0.190. The van der Waals surface area contributed by atoms with Crippen LogP contribution in [0.2, 0.25) is 0 Å². The minimum atomic E-state index is -2.78. The second-order valence-electron chi connectivity index (χ2n) is 6.41. The fourth-order valence-corrected chi connectivity index (χ4v) is 2.87. The maximum Gasteiger partial charge on any atom is 0.262 e. The van der Waals surface area contributed by atoms with E-state index >= 15 is 0 Å². The van der Waals surface area contributed by atoms with E-state index in [1.807, 2.05) is 5.32 Å². The number of aromatic nitrogens is 3. The van der Waals surface area contributed by atoms with E-state index in [9.17, 15) is 14.0 Å². The maximum absolute atomic E-state index is 14.4. The molecule has 0 bridgehead atoms. The normalized spacial score (nSPS) is 12.2. The van der Waals surface area contributed by atoms with Gasteiger partial charge in [-0.1, -0.05) is 6.07 Å². The van der Waals surface area contributed by atoms with E-state index in [4.69, 9.17) is 8.85 Å². The summed E-state index contributed by atoms with van der Waals surface area (Å²) in [6.45, 7) is 0.713. The standard InChI is InChI=1S/C21H21FN6O3/c1-11-8-18(26-12(2)25-11)28-17-9-15(13(10-24-17)20(29)23-3)27-21(30)19-14(22)6-5-7-16(19)31-4/h5-10H,1-4H3,(H,23,29)(H2,24,25,26,27,28,30)/i3D3. The molecule has 0 saturated heterocycles. The van der Waals surface area contributed by atoms with Gasteiger partial charge in [0.2, 0.25) is 0 Å². The van der Waals surface area contributed by atoms with Crippen molar-refractivity contribution in [1.82, 2.24) is 20.3 Å². The predicted octanol–water partition coefficient (Wildman–Crippen LogP) is 2.99. The SMILES string of the molecule is [2H]C([2H])([2H])NC(=O)c1cnc(Nc2cc(C)nc(C)n2)cc1NC(=O)c1c(F)cccc1OC. The summed E-state index contributed by atoms with van der Waals surface area (Å²) in [5, 5.41) is 7.21. The quantitative estimate of drug-likeness (QED) is 0.553. The zero-order chi connectivity index (χ0) is 25.0. The highest BCUT2D eigenvalue weighted by molar-refractivity contribution is 6.10. The van der Waals surface area contributed by atoms with Crippen molar-refractivity contribution < 1.29 is 22.8 Å². The summed E-state index contributed by atoms with van der Waals surface area (Å²) in [6, 6.07) is 6.82. The molecule has 0 radical (unpaired) electrons. The summed E-state index contributed by atoms with van der Waals surface area (Å²) in [7, 11) is 1.28. The first-order chi connectivity index (χ1) is 16.0. The van der Waals surface area contributed by atoms with Gasteiger partial charge < -0.3 is 20.7 Å². The minimum Gasteiger partial charge on any atom is -0.496 e. The number of carbonyl (C=O) groups excluding carboxylic acids is 2. The minimum absolute atomic E-state index is 0.0228. The van der Waals surface area contributed by atoms with Gasteiger partial charge >= 0.3 is 0 Å². The van der Waals surface area contributed by atoms with Crippen LogP contribution in [0.15, 0.2) is 36.5 Å². The van der Waals surface area contributed by atoms with Crippen LogP contribution in [0.25, 0.3) is 0 Å². The van der Waals surface area contributed by atoms with Crippen molar-refractivity contribution in [3.8, 4) is 5.75 Å². The van der Waals surface area contributed by atoms with Gasteiger partial charge in [-0.05, 0) is 26.0 Å². The number of anilines is 3. The summed E-state index contributed by atoms with van der Waals surface area (Å²) in [5.74, 6) is -1.69. The van der Waals surface area contributed by atoms with Gasteiger partial charge in [-0.15, -0.1) is 0 Å². The second kappa shape index (κ2) is 9.16. The molecule has 3 rings (SSSR count). The highest BCUT2D eigenvalue weighted by atomic mass is 19.1. The number of carbonyl (C=O) groups is 2. The van der Waals surface area contributed by atoms with E-state index in [2.05, 4.69) is 25.6 Å². The largest absolute Gasteiger partial charge is 0.496 e. The molecule has 0 aliphatic rings. The van der Waals surface area contributed by atoms with Gasteiger partial charge in [0, 0.05) is 35.1 Å². The van der Waals surface area contributed by atoms with Crippen LogP contribution in [0.4, 0.5) is 21.7 Å². The van der Waals surface area contributed by atoms with E-state index in [1.165, 1.54) is 25.3 Å². The van der Waals surface area contributed by atoms with Crippen LogP contribution in [-0.2, 0) is 0 Å². The van der Waals surface area contributed by atoms with Crippen LogP contribution in [-0.4, -0.2) is 40.9 Å². The van der Waals surface area contributed by atoms with Gasteiger partial charge in [-0.25, -0.2) is 19.3 Å². The maximum atomic E-state index is 14.4. The molecule has 2 aromatic heterocycles. The Kier molecular flexibility index (Phi) is 5.25. The zero-order valence-corrected chi connectivity index (χ0v) is 16.9. The number of nitrogens with one attached hydrogen (secondary N) is 3. The zero-order valence-electron chi connectivity index (χ0n) is 19.9. The Bertz CT molecular complexity index is 1230. The molecule has 0 aliphatic heterocycles. The molecule has 2 amide bonds. The van der Waals surface area contributed by atoms with Crippen LogP contribution in [0.5, 0.6) is 5.75 Å². The van der Waals surface area contributed by atoms with Gasteiger partial charge in [0.25, 0.3) is 11.8 Å². The Morgan fingerprint density at radius 1 is 1.13 bits per heavy atom. The molecule has 10 heteroatoms. The first-order valence-electron chi connectivity index (χ1n) is 10.5. The van der Waals surface area contributed by atoms with E-state index < -0.39 is 24.6 Å². The Morgan fingerprint density at radius 2 is 1.94 bits per heavy atom. The molecular weight excluding hydrogens is 403 g/mol. The molecule has 0 spiro atoms. The smallest absolute Gasteiger partial charge is 0.262 e. The summed E-state index contributed by atoms with van der Waals surface area (Å²) in [4.78, 5) is 38.0. The number of ether oxygens (including phenoxy) is 1. The van der Waals surface area contributed by atoms with Crippen LogP contribution < -0.4 is 20.7 Å². The Hall–Kier alpha value is -4.08. The van der Waals surface area contributed by atoms with Gasteiger partial charge in [0.05, 0.1) is 18.4 Å². The lowest BCUT2D eigenvalue weighted by molar-refractivity contribution is 0.0963. The number of methoxy groups -OCH3 is 1. The highest BCUT2D eigenvalue weighted by Gasteiger charge is 2.21. The van der Waals surface area contributed by atoms with Crippen molar-refractivity contribution in [2.45, 2.75) is 13.8 Å². The number of nitrogens with zero attached hydrogens (tertiary/aromatic N) is 3.